The second kappa shape index (κ2) is 9.47. The molecule has 1 amide bonds. The molecule has 7 heteroatoms. The number of aryl methyl sites for hydroxylation is 1. The number of nitrogens with one attached hydrogen (secondary N) is 1. The SMILES string of the molecule is CCCCC(=O)O[C@H](C(=O)Nc1ccc(C)cc1[N+](=O)[O-])c1ccccc1. The monoisotopic (exact) mass is 370 g/mol. The number of ether oxygens (including phenoxy) is 1. The van der Waals surface area contributed by atoms with Crippen LogP contribution >= 0.6 is 0 Å². The van der Waals surface area contributed by atoms with Gasteiger partial charge in [0.1, 0.15) is 5.69 Å². The van der Waals surface area contributed by atoms with Crippen molar-refractivity contribution in [3.05, 3.63) is 69.8 Å². The van der Waals surface area contributed by atoms with Crippen LogP contribution in [0.15, 0.2) is 48.5 Å². The number of nitro benzene ring substituents is 1. The largest absolute Gasteiger partial charge is 0.447 e. The summed E-state index contributed by atoms with van der Waals surface area (Å²) in [5, 5.41) is 13.8. The summed E-state index contributed by atoms with van der Waals surface area (Å²) in [5.74, 6) is -1.13. The summed E-state index contributed by atoms with van der Waals surface area (Å²) < 4.78 is 5.38. The number of benzene rings is 2. The molecular formula is C20H22N2O5. The highest BCUT2D eigenvalue weighted by Gasteiger charge is 2.27. The molecule has 1 atom stereocenters. The Balaban J connectivity index is 2.26. The van der Waals surface area contributed by atoms with Crippen LogP contribution in [0.3, 0.4) is 0 Å². The first-order valence-corrected chi connectivity index (χ1v) is 8.72. The zero-order chi connectivity index (χ0) is 19.8. The van der Waals surface area contributed by atoms with Crippen LogP contribution in [0.1, 0.15) is 43.4 Å². The molecule has 0 fully saturated rings. The van der Waals surface area contributed by atoms with Crippen molar-refractivity contribution in [3.8, 4) is 0 Å². The normalized spacial score (nSPS) is 11.5. The molecule has 0 aliphatic rings. The Morgan fingerprint density at radius 3 is 2.52 bits per heavy atom. The predicted octanol–water partition coefficient (Wildman–Crippen LogP) is 4.32. The third-order valence-corrected chi connectivity index (χ3v) is 3.93. The highest BCUT2D eigenvalue weighted by Crippen LogP contribution is 2.28. The van der Waals surface area contributed by atoms with Crippen LogP contribution in [0, 0.1) is 17.0 Å². The van der Waals surface area contributed by atoms with Gasteiger partial charge in [-0.05, 0) is 25.0 Å². The van der Waals surface area contributed by atoms with Gasteiger partial charge in [0.25, 0.3) is 11.6 Å². The number of rotatable bonds is 8. The quantitative estimate of drug-likeness (QED) is 0.424. The van der Waals surface area contributed by atoms with Crippen molar-refractivity contribution in [2.45, 2.75) is 39.2 Å². The molecule has 0 aromatic heterocycles. The van der Waals surface area contributed by atoms with Gasteiger partial charge in [0.2, 0.25) is 6.10 Å². The Bertz CT molecular complexity index is 820. The van der Waals surface area contributed by atoms with Crippen LogP contribution in [0.4, 0.5) is 11.4 Å². The number of esters is 1. The van der Waals surface area contributed by atoms with Crippen LogP contribution < -0.4 is 5.32 Å². The highest BCUT2D eigenvalue weighted by molar-refractivity contribution is 5.97. The topological polar surface area (TPSA) is 98.5 Å². The van der Waals surface area contributed by atoms with Crippen molar-refractivity contribution in [3.63, 3.8) is 0 Å². The van der Waals surface area contributed by atoms with E-state index in [0.717, 1.165) is 6.42 Å². The summed E-state index contributed by atoms with van der Waals surface area (Å²) in [7, 11) is 0. The van der Waals surface area contributed by atoms with E-state index in [1.807, 2.05) is 6.92 Å². The molecule has 0 spiro atoms. The molecule has 142 valence electrons. The van der Waals surface area contributed by atoms with Gasteiger partial charge in [0.05, 0.1) is 4.92 Å². The van der Waals surface area contributed by atoms with Gasteiger partial charge < -0.3 is 10.1 Å². The van der Waals surface area contributed by atoms with Crippen molar-refractivity contribution in [1.82, 2.24) is 0 Å². The van der Waals surface area contributed by atoms with E-state index in [4.69, 9.17) is 4.74 Å². The first kappa shape index (κ1) is 20.1. The average molecular weight is 370 g/mol. The maximum atomic E-state index is 12.8. The number of carbonyl (C=O) groups excluding carboxylic acids is 2. The lowest BCUT2D eigenvalue weighted by atomic mass is 10.1. The number of anilines is 1. The Morgan fingerprint density at radius 1 is 1.19 bits per heavy atom. The maximum Gasteiger partial charge on any atom is 0.306 e. The van der Waals surface area contributed by atoms with Gasteiger partial charge in [0, 0.05) is 18.1 Å². The average Bonchev–Trinajstić information content (AvgIpc) is 2.66. The maximum absolute atomic E-state index is 12.8. The van der Waals surface area contributed by atoms with Crippen molar-refractivity contribution in [2.24, 2.45) is 0 Å². The van der Waals surface area contributed by atoms with Crippen molar-refractivity contribution in [1.29, 1.82) is 0 Å². The zero-order valence-electron chi connectivity index (χ0n) is 15.3. The van der Waals surface area contributed by atoms with Crippen molar-refractivity contribution >= 4 is 23.3 Å². The highest BCUT2D eigenvalue weighted by atomic mass is 16.6. The molecular weight excluding hydrogens is 348 g/mol. The van der Waals surface area contributed by atoms with Crippen molar-refractivity contribution < 1.29 is 19.2 Å². The minimum Gasteiger partial charge on any atom is -0.447 e. The molecule has 2 rings (SSSR count). The van der Waals surface area contributed by atoms with Crippen LogP contribution in [-0.4, -0.2) is 16.8 Å². The van der Waals surface area contributed by atoms with Crippen LogP contribution in [0.2, 0.25) is 0 Å². The molecule has 0 bridgehead atoms. The van der Waals surface area contributed by atoms with Gasteiger partial charge in [-0.15, -0.1) is 0 Å². The van der Waals surface area contributed by atoms with Gasteiger partial charge >= 0.3 is 5.97 Å². The number of amides is 1. The number of carbonyl (C=O) groups is 2. The second-order valence-corrected chi connectivity index (χ2v) is 6.15. The van der Waals surface area contributed by atoms with E-state index in [1.54, 1.807) is 43.3 Å². The fraction of sp³-hybridized carbons (Fsp3) is 0.300. The first-order valence-electron chi connectivity index (χ1n) is 8.72. The summed E-state index contributed by atoms with van der Waals surface area (Å²) in [5.41, 5.74) is 1.04. The molecule has 0 unspecified atom stereocenters. The van der Waals surface area contributed by atoms with E-state index in [-0.39, 0.29) is 17.8 Å². The van der Waals surface area contributed by atoms with Crippen LogP contribution in [-0.2, 0) is 14.3 Å². The van der Waals surface area contributed by atoms with E-state index in [9.17, 15) is 19.7 Å². The van der Waals surface area contributed by atoms with Gasteiger partial charge in [-0.25, -0.2) is 0 Å². The Labute approximate surface area is 157 Å². The minimum absolute atomic E-state index is 0.0566. The molecule has 27 heavy (non-hydrogen) atoms. The third kappa shape index (κ3) is 5.64. The van der Waals surface area contributed by atoms with E-state index in [0.29, 0.717) is 17.5 Å². The van der Waals surface area contributed by atoms with Gasteiger partial charge in [-0.1, -0.05) is 49.7 Å². The van der Waals surface area contributed by atoms with Gasteiger partial charge in [-0.2, -0.15) is 0 Å². The number of unbranched alkanes of at least 4 members (excludes halogenated alkanes) is 1. The molecule has 0 aliphatic carbocycles. The standard InChI is InChI=1S/C20H22N2O5/c1-3-4-10-18(23)27-19(15-8-6-5-7-9-15)20(24)21-16-12-11-14(2)13-17(16)22(25)26/h5-9,11-13,19H,3-4,10H2,1-2H3,(H,21,24)/t19-/m0/s1. The third-order valence-electron chi connectivity index (χ3n) is 3.93. The summed E-state index contributed by atoms with van der Waals surface area (Å²) in [4.78, 5) is 35.5. The van der Waals surface area contributed by atoms with E-state index in [2.05, 4.69) is 5.32 Å². The van der Waals surface area contributed by atoms with E-state index >= 15 is 0 Å². The second-order valence-electron chi connectivity index (χ2n) is 6.15. The Morgan fingerprint density at radius 2 is 1.89 bits per heavy atom. The molecule has 2 aromatic carbocycles. The molecule has 2 aromatic rings. The fourth-order valence-corrected chi connectivity index (χ4v) is 2.51. The Kier molecular flexibility index (Phi) is 7.05. The number of nitro groups is 1. The lowest BCUT2D eigenvalue weighted by Gasteiger charge is -2.18. The smallest absolute Gasteiger partial charge is 0.306 e. The fourth-order valence-electron chi connectivity index (χ4n) is 2.51. The van der Waals surface area contributed by atoms with Crippen molar-refractivity contribution in [2.75, 3.05) is 5.32 Å². The first-order chi connectivity index (χ1) is 12.9. The summed E-state index contributed by atoms with van der Waals surface area (Å²) in [6.07, 6.45) is 0.507. The van der Waals surface area contributed by atoms with E-state index in [1.165, 1.54) is 12.1 Å². The molecule has 7 nitrogen and oxygen atoms in total. The van der Waals surface area contributed by atoms with Crippen LogP contribution in [0.5, 0.6) is 0 Å². The predicted molar refractivity (Wildman–Crippen MR) is 101 cm³/mol. The molecule has 0 heterocycles. The zero-order valence-corrected chi connectivity index (χ0v) is 15.3. The van der Waals surface area contributed by atoms with Gasteiger partial charge in [0.15, 0.2) is 0 Å². The molecule has 0 saturated carbocycles. The summed E-state index contributed by atoms with van der Waals surface area (Å²) in [6, 6.07) is 13.1. The molecule has 0 radical (unpaired) electrons. The summed E-state index contributed by atoms with van der Waals surface area (Å²) >= 11 is 0. The molecule has 0 saturated heterocycles. The molecule has 1 N–H and O–H groups in total. The van der Waals surface area contributed by atoms with E-state index < -0.39 is 22.9 Å². The minimum atomic E-state index is -1.18. The number of nitrogens with zero attached hydrogens (tertiary/aromatic N) is 1. The lowest BCUT2D eigenvalue weighted by Crippen LogP contribution is -2.26. The number of hydrogen-bond donors (Lipinski definition) is 1. The molecule has 0 aliphatic heterocycles. The van der Waals surface area contributed by atoms with Gasteiger partial charge in [-0.3, -0.25) is 19.7 Å². The Hall–Kier alpha value is -3.22. The number of hydrogen-bond acceptors (Lipinski definition) is 5. The van der Waals surface area contributed by atoms with Crippen LogP contribution in [0.25, 0.3) is 0 Å². The lowest BCUT2D eigenvalue weighted by molar-refractivity contribution is -0.384. The summed E-state index contributed by atoms with van der Waals surface area (Å²) in [6.45, 7) is 3.67.